The van der Waals surface area contributed by atoms with Gasteiger partial charge in [-0.15, -0.1) is 0 Å². The van der Waals surface area contributed by atoms with Crippen LogP contribution in [0.25, 0.3) is 0 Å². The number of benzene rings is 3. The molecule has 2 nitrogen and oxygen atoms in total. The predicted molar refractivity (Wildman–Crippen MR) is 202 cm³/mol. The van der Waals surface area contributed by atoms with Crippen LogP contribution in [0.1, 0.15) is 40.9 Å². The third-order valence-corrected chi connectivity index (χ3v) is 10.4. The van der Waals surface area contributed by atoms with Crippen LogP contribution in [0.4, 0.5) is 0 Å². The van der Waals surface area contributed by atoms with Crippen LogP contribution in [0, 0.1) is 11.8 Å². The predicted octanol–water partition coefficient (Wildman–Crippen LogP) is 13.5. The van der Waals surface area contributed by atoms with Crippen LogP contribution in [0.2, 0.25) is 0 Å². The minimum Gasteiger partial charge on any atom is -0.294 e. The molecule has 2 unspecified atom stereocenters. The molecule has 0 radical (unpaired) electrons. The number of fused-ring (bicyclic) bond motifs is 1. The number of halogens is 11. The van der Waals surface area contributed by atoms with E-state index in [1.807, 2.05) is 56.3 Å². The van der Waals surface area contributed by atoms with Crippen molar-refractivity contribution in [3.63, 3.8) is 0 Å². The summed E-state index contributed by atoms with van der Waals surface area (Å²) in [6.45, 7) is 3.80. The highest BCUT2D eigenvalue weighted by atomic mass is 79.9. The highest BCUT2D eigenvalue weighted by molar-refractivity contribution is 9.11. The van der Waals surface area contributed by atoms with Crippen LogP contribution < -0.4 is 0 Å². The zero-order chi connectivity index (χ0) is 31.4. The van der Waals surface area contributed by atoms with Crippen LogP contribution in [0.3, 0.4) is 0 Å². The summed E-state index contributed by atoms with van der Waals surface area (Å²) < 4.78 is 6.23. The van der Waals surface area contributed by atoms with E-state index in [0.29, 0.717) is 6.42 Å². The van der Waals surface area contributed by atoms with Crippen molar-refractivity contribution in [2.24, 2.45) is 11.8 Å². The number of carbonyl (C=O) groups excluding carboxylic acids is 2. The second-order valence-electron chi connectivity index (χ2n) is 8.61. The second kappa shape index (κ2) is 21.0. The van der Waals surface area contributed by atoms with Crippen molar-refractivity contribution < 1.29 is 9.59 Å². The molecule has 0 N–H and O–H groups in total. The van der Waals surface area contributed by atoms with E-state index in [4.69, 9.17) is 41.7 Å². The average molecular weight is 1110 g/mol. The van der Waals surface area contributed by atoms with Gasteiger partial charge in [-0.3, -0.25) is 9.59 Å². The van der Waals surface area contributed by atoms with Gasteiger partial charge in [0, 0.05) is 49.6 Å². The summed E-state index contributed by atoms with van der Waals surface area (Å²) in [5.41, 5.74) is 4.35. The van der Waals surface area contributed by atoms with Gasteiger partial charge in [-0.25, -0.2) is 30.1 Å². The van der Waals surface area contributed by atoms with Crippen molar-refractivity contribution in [1.82, 2.24) is 0 Å². The number of carbonyl (C=O) groups is 2. The molecule has 3 aromatic carbocycles. The molecule has 222 valence electrons. The Kier molecular flexibility index (Phi) is 21.1. The Morgan fingerprint density at radius 1 is 0.854 bits per heavy atom. The van der Waals surface area contributed by atoms with Crippen LogP contribution in [0.15, 0.2) is 75.4 Å². The van der Waals surface area contributed by atoms with Gasteiger partial charge in [-0.05, 0) is 89.7 Å². The smallest absolute Gasteiger partial charge is 0.294 e. The lowest BCUT2D eigenvalue weighted by Gasteiger charge is -2.08. The minimum atomic E-state index is -1.72. The molecule has 4 rings (SSSR count). The molecule has 0 heterocycles. The van der Waals surface area contributed by atoms with E-state index in [-0.39, 0.29) is 22.9 Å². The Balaban J connectivity index is 0.000000292. The standard InChI is InChI=1S/C10H9Br2ClO.C10H8Br2O.C7H5Br3.Al.3ClH/c1-6(10(13)14)4-7-5-8(11)2-3-9(7)12;1-5-4-6-7(11)2-3-8(12)9(6)10(5)13;8-4-5-3-6(9)1-2-7(5)10;;;;/h2-3,5-6H,4H2,1H3;2-3,5H,4H2,1H3;1-3H,4H2;;3*1H/q;;;+3;;;/p-3. The fourth-order valence-corrected chi connectivity index (χ4v) is 7.05. The van der Waals surface area contributed by atoms with E-state index in [2.05, 4.69) is 118 Å². The van der Waals surface area contributed by atoms with E-state index in [1.54, 1.807) is 0 Å². The maximum atomic E-state index is 11.7. The van der Waals surface area contributed by atoms with Gasteiger partial charge in [-0.2, -0.15) is 0 Å². The molecular weight excluding hydrogens is 1080 g/mol. The lowest BCUT2D eigenvalue weighted by Crippen LogP contribution is -2.07. The normalized spacial score (nSPS) is 13.9. The molecule has 41 heavy (non-hydrogen) atoms. The lowest BCUT2D eigenvalue weighted by atomic mass is 10.0. The molecule has 1 aliphatic carbocycles. The monoisotopic (exact) mass is 1100 g/mol. The molecule has 0 fully saturated rings. The number of alkyl halides is 1. The molecule has 0 bridgehead atoms. The van der Waals surface area contributed by atoms with Gasteiger partial charge in [0.05, 0.1) is 0 Å². The first-order valence-electron chi connectivity index (χ1n) is 11.6. The summed E-state index contributed by atoms with van der Waals surface area (Å²) in [6, 6.07) is 15.9. The fourth-order valence-electron chi connectivity index (χ4n) is 3.46. The first kappa shape index (κ1) is 41.1. The molecule has 0 amide bonds. The SMILES string of the molecule is BrCc1cc(Br)ccc1Br.CC(Cc1cc(Br)ccc1Br)C(=O)Cl.CC1Cc2c(Br)ccc(Br)c2C1=O.[Cl][Al]([Cl])[Cl]. The highest BCUT2D eigenvalue weighted by Crippen LogP contribution is 2.36. The fraction of sp³-hybridized carbons (Fsp3) is 0.259. The number of hydrogen-bond donors (Lipinski definition) is 0. The highest BCUT2D eigenvalue weighted by Gasteiger charge is 2.30. The summed E-state index contributed by atoms with van der Waals surface area (Å²) in [5.74, 6) is 0.232. The maximum Gasteiger partial charge on any atom is 0.643 e. The molecule has 3 aromatic rings. The Morgan fingerprint density at radius 3 is 1.73 bits per heavy atom. The van der Waals surface area contributed by atoms with E-state index in [0.717, 1.165) is 55.3 Å². The molecule has 2 atom stereocenters. The molecule has 0 saturated carbocycles. The van der Waals surface area contributed by atoms with E-state index in [9.17, 15) is 9.59 Å². The van der Waals surface area contributed by atoms with E-state index < -0.39 is 11.4 Å². The molecule has 0 spiro atoms. The van der Waals surface area contributed by atoms with Crippen molar-refractivity contribution in [3.8, 4) is 0 Å². The van der Waals surface area contributed by atoms with Gasteiger partial charge in [0.1, 0.15) is 0 Å². The van der Waals surface area contributed by atoms with Crippen LogP contribution in [0.5, 0.6) is 0 Å². The van der Waals surface area contributed by atoms with Gasteiger partial charge in [0.15, 0.2) is 5.78 Å². The molecule has 0 aliphatic heterocycles. The van der Waals surface area contributed by atoms with E-state index in [1.165, 1.54) is 5.56 Å². The molecule has 0 aromatic heterocycles. The average Bonchev–Trinajstić information content (AvgIpc) is 3.20. The third-order valence-electron chi connectivity index (χ3n) is 5.48. The van der Waals surface area contributed by atoms with Gasteiger partial charge < -0.3 is 0 Å². The molecular formula is C27H22AlBr7Cl4O2. The molecule has 1 aliphatic rings. The number of Topliss-reactive ketones (excluding diaryl/α,β-unsaturated/α-hetero) is 1. The summed E-state index contributed by atoms with van der Waals surface area (Å²) in [6.07, 6.45) is 1.51. The Hall–Kier alpha value is 2.05. The Bertz CT molecular complexity index is 1340. The van der Waals surface area contributed by atoms with E-state index >= 15 is 0 Å². The topological polar surface area (TPSA) is 34.1 Å². The molecule has 0 saturated heterocycles. The quantitative estimate of drug-likeness (QED) is 0.148. The number of rotatable bonds is 4. The Labute approximate surface area is 322 Å². The first-order valence-corrected chi connectivity index (χ1v) is 23.1. The van der Waals surface area contributed by atoms with Crippen molar-refractivity contribution >= 4 is 176 Å². The number of ketones is 1. The molecule has 14 heteroatoms. The van der Waals surface area contributed by atoms with Crippen LogP contribution in [-0.2, 0) is 23.0 Å². The first-order chi connectivity index (χ1) is 19.1. The van der Waals surface area contributed by atoms with Crippen LogP contribution >= 0.6 is 153 Å². The van der Waals surface area contributed by atoms with Crippen molar-refractivity contribution in [3.05, 3.63) is 97.6 Å². The van der Waals surface area contributed by atoms with Crippen molar-refractivity contribution in [2.75, 3.05) is 0 Å². The van der Waals surface area contributed by atoms with Gasteiger partial charge in [0.2, 0.25) is 5.24 Å². The zero-order valence-corrected chi connectivity index (χ0v) is 36.7. The summed E-state index contributed by atoms with van der Waals surface area (Å²) >= 11 is 27.6. The van der Waals surface area contributed by atoms with Crippen molar-refractivity contribution in [2.45, 2.75) is 32.0 Å². The van der Waals surface area contributed by atoms with Crippen LogP contribution in [-0.4, -0.2) is 22.4 Å². The Morgan fingerprint density at radius 2 is 1.29 bits per heavy atom. The zero-order valence-electron chi connectivity index (χ0n) is 21.4. The number of hydrogen-bond acceptors (Lipinski definition) is 2. The van der Waals surface area contributed by atoms with Gasteiger partial charge in [-0.1, -0.05) is 125 Å². The lowest BCUT2D eigenvalue weighted by molar-refractivity contribution is -0.114. The van der Waals surface area contributed by atoms with Gasteiger partial charge in [0.25, 0.3) is 0 Å². The summed E-state index contributed by atoms with van der Waals surface area (Å²) in [4.78, 5) is 22.6. The van der Waals surface area contributed by atoms with Crippen molar-refractivity contribution in [1.29, 1.82) is 0 Å². The van der Waals surface area contributed by atoms with Gasteiger partial charge >= 0.3 is 11.4 Å². The summed E-state index contributed by atoms with van der Waals surface area (Å²) in [5, 5.41) is 0.587. The summed E-state index contributed by atoms with van der Waals surface area (Å²) in [7, 11) is 14.8. The third kappa shape index (κ3) is 15.0. The maximum absolute atomic E-state index is 11.7. The second-order valence-corrected chi connectivity index (χ2v) is 21.2. The largest absolute Gasteiger partial charge is 0.643 e. The minimum absolute atomic E-state index is 0.130.